The number of nitrogens with one attached hydrogen (secondary N) is 1. The Morgan fingerprint density at radius 2 is 1.88 bits per heavy atom. The molecule has 1 saturated heterocycles. The lowest BCUT2D eigenvalue weighted by Crippen LogP contribution is -2.56. The van der Waals surface area contributed by atoms with Crippen LogP contribution < -0.4 is 5.32 Å². The van der Waals surface area contributed by atoms with E-state index in [1.165, 1.54) is 0 Å². The van der Waals surface area contributed by atoms with Gasteiger partial charge in [-0.15, -0.1) is 0 Å². The van der Waals surface area contributed by atoms with Gasteiger partial charge in [0.25, 0.3) is 0 Å². The third-order valence-electron chi connectivity index (χ3n) is 7.02. The summed E-state index contributed by atoms with van der Waals surface area (Å²) in [5.41, 5.74) is 2.56. The SMILES string of the molecule is CCCC1CN(Cc2cc(Cl)cc(NC(=O)CCS(C)(=O)=O)c2C)CCN1C(=O)C1CCCC1. The van der Waals surface area contributed by atoms with Crippen LogP contribution in [0.4, 0.5) is 5.69 Å². The Morgan fingerprint density at radius 3 is 2.53 bits per heavy atom. The molecular weight excluding hydrogens is 474 g/mol. The monoisotopic (exact) mass is 511 g/mol. The Balaban J connectivity index is 1.67. The molecule has 0 bridgehead atoms. The van der Waals surface area contributed by atoms with Crippen LogP contribution in [0.15, 0.2) is 12.1 Å². The molecule has 2 fully saturated rings. The van der Waals surface area contributed by atoms with Crippen molar-refractivity contribution >= 4 is 38.9 Å². The van der Waals surface area contributed by atoms with E-state index in [0.717, 1.165) is 75.5 Å². The van der Waals surface area contributed by atoms with E-state index >= 15 is 0 Å². The highest BCUT2D eigenvalue weighted by molar-refractivity contribution is 7.90. The highest BCUT2D eigenvalue weighted by Crippen LogP contribution is 2.30. The number of hydrogen-bond donors (Lipinski definition) is 1. The highest BCUT2D eigenvalue weighted by atomic mass is 35.5. The first-order chi connectivity index (χ1) is 16.1. The van der Waals surface area contributed by atoms with Crippen LogP contribution in [0, 0.1) is 12.8 Å². The minimum atomic E-state index is -3.21. The van der Waals surface area contributed by atoms with Crippen molar-refractivity contribution in [3.8, 4) is 0 Å². The number of amides is 2. The molecule has 1 aliphatic carbocycles. The van der Waals surface area contributed by atoms with Gasteiger partial charge in [0.1, 0.15) is 9.84 Å². The number of sulfone groups is 1. The molecule has 1 unspecified atom stereocenters. The summed E-state index contributed by atoms with van der Waals surface area (Å²) in [4.78, 5) is 29.9. The summed E-state index contributed by atoms with van der Waals surface area (Å²) in [6.07, 6.45) is 7.44. The molecule has 1 saturated carbocycles. The van der Waals surface area contributed by atoms with Crippen molar-refractivity contribution in [3.63, 3.8) is 0 Å². The zero-order valence-corrected chi connectivity index (χ0v) is 22.2. The van der Waals surface area contributed by atoms with Crippen molar-refractivity contribution in [2.45, 2.75) is 71.4 Å². The van der Waals surface area contributed by atoms with Crippen LogP contribution in [-0.2, 0) is 26.0 Å². The van der Waals surface area contributed by atoms with E-state index in [4.69, 9.17) is 11.6 Å². The van der Waals surface area contributed by atoms with Gasteiger partial charge in [-0.05, 0) is 49.4 Å². The topological polar surface area (TPSA) is 86.8 Å². The van der Waals surface area contributed by atoms with Gasteiger partial charge in [0.2, 0.25) is 11.8 Å². The lowest BCUT2D eigenvalue weighted by molar-refractivity contribution is -0.140. The number of piperazine rings is 1. The van der Waals surface area contributed by atoms with E-state index in [1.807, 2.05) is 13.0 Å². The molecule has 0 spiro atoms. The van der Waals surface area contributed by atoms with E-state index in [9.17, 15) is 18.0 Å². The first-order valence-electron chi connectivity index (χ1n) is 12.4. The summed E-state index contributed by atoms with van der Waals surface area (Å²) in [5, 5.41) is 3.35. The van der Waals surface area contributed by atoms with Crippen LogP contribution in [0.25, 0.3) is 0 Å². The second-order valence-electron chi connectivity index (χ2n) is 9.86. The van der Waals surface area contributed by atoms with Crippen LogP contribution in [0.3, 0.4) is 0 Å². The van der Waals surface area contributed by atoms with Crippen LogP contribution >= 0.6 is 11.6 Å². The normalized spacial score (nSPS) is 20.0. The molecule has 1 heterocycles. The molecule has 1 aromatic rings. The fourth-order valence-electron chi connectivity index (χ4n) is 5.10. The molecule has 190 valence electrons. The number of nitrogens with zero attached hydrogens (tertiary/aromatic N) is 2. The molecule has 0 radical (unpaired) electrons. The average molecular weight is 512 g/mol. The van der Waals surface area contributed by atoms with Gasteiger partial charge in [-0.1, -0.05) is 37.8 Å². The third-order valence-corrected chi connectivity index (χ3v) is 8.19. The summed E-state index contributed by atoms with van der Waals surface area (Å²) in [6.45, 7) is 7.17. The summed E-state index contributed by atoms with van der Waals surface area (Å²) in [7, 11) is -3.21. The van der Waals surface area contributed by atoms with Gasteiger partial charge in [0, 0.05) is 61.5 Å². The summed E-state index contributed by atoms with van der Waals surface area (Å²) < 4.78 is 22.7. The molecule has 3 rings (SSSR count). The molecule has 9 heteroatoms. The Morgan fingerprint density at radius 1 is 1.18 bits per heavy atom. The Kier molecular flexibility index (Phi) is 9.41. The zero-order chi connectivity index (χ0) is 24.9. The van der Waals surface area contributed by atoms with Gasteiger partial charge in [-0.2, -0.15) is 0 Å². The largest absolute Gasteiger partial charge is 0.337 e. The maximum Gasteiger partial charge on any atom is 0.226 e. The molecular formula is C25H38ClN3O4S. The van der Waals surface area contributed by atoms with Gasteiger partial charge in [0.05, 0.1) is 5.75 Å². The molecule has 1 atom stereocenters. The van der Waals surface area contributed by atoms with Crippen molar-refractivity contribution in [3.05, 3.63) is 28.3 Å². The van der Waals surface area contributed by atoms with Gasteiger partial charge in [0.15, 0.2) is 0 Å². The predicted molar refractivity (Wildman–Crippen MR) is 137 cm³/mol. The molecule has 2 amide bonds. The van der Waals surface area contributed by atoms with Crippen LogP contribution in [0.2, 0.25) is 5.02 Å². The van der Waals surface area contributed by atoms with Crippen molar-refractivity contribution in [1.82, 2.24) is 9.80 Å². The van der Waals surface area contributed by atoms with Crippen molar-refractivity contribution in [1.29, 1.82) is 0 Å². The summed E-state index contributed by atoms with van der Waals surface area (Å²) in [5.74, 6) is 0.0147. The van der Waals surface area contributed by atoms with Gasteiger partial charge in [-0.25, -0.2) is 8.42 Å². The smallest absolute Gasteiger partial charge is 0.226 e. The minimum Gasteiger partial charge on any atom is -0.337 e. The van der Waals surface area contributed by atoms with E-state index in [0.29, 0.717) is 23.2 Å². The molecule has 1 N–H and O–H groups in total. The molecule has 34 heavy (non-hydrogen) atoms. The van der Waals surface area contributed by atoms with Gasteiger partial charge >= 0.3 is 0 Å². The van der Waals surface area contributed by atoms with Gasteiger partial charge in [-0.3, -0.25) is 14.5 Å². The molecule has 7 nitrogen and oxygen atoms in total. The summed E-state index contributed by atoms with van der Waals surface area (Å²) in [6, 6.07) is 3.85. The standard InChI is InChI=1S/C25H38ClN3O4S/c1-4-7-22-17-28(11-12-29(22)25(31)19-8-5-6-9-19)16-20-14-21(26)15-23(18(20)2)27-24(30)10-13-34(3,32)33/h14-15,19,22H,4-13,16-17H2,1-3H3,(H,27,30). The van der Waals surface area contributed by atoms with Crippen molar-refractivity contribution < 1.29 is 18.0 Å². The fourth-order valence-corrected chi connectivity index (χ4v) is 5.90. The van der Waals surface area contributed by atoms with E-state index in [-0.39, 0.29) is 30.0 Å². The number of hydrogen-bond acceptors (Lipinski definition) is 5. The average Bonchev–Trinajstić information content (AvgIpc) is 3.30. The van der Waals surface area contributed by atoms with E-state index in [1.54, 1.807) is 6.07 Å². The first kappa shape index (κ1) is 27.0. The number of halogens is 1. The molecule has 0 aromatic heterocycles. The van der Waals surface area contributed by atoms with Gasteiger partial charge < -0.3 is 10.2 Å². The van der Waals surface area contributed by atoms with Crippen molar-refractivity contribution in [2.24, 2.45) is 5.92 Å². The summed E-state index contributed by atoms with van der Waals surface area (Å²) >= 11 is 6.37. The lowest BCUT2D eigenvalue weighted by atomic mass is 10.00. The first-order valence-corrected chi connectivity index (χ1v) is 14.8. The highest BCUT2D eigenvalue weighted by Gasteiger charge is 2.34. The molecule has 1 aromatic carbocycles. The van der Waals surface area contributed by atoms with Crippen LogP contribution in [-0.4, -0.2) is 67.7 Å². The van der Waals surface area contributed by atoms with E-state index in [2.05, 4.69) is 22.0 Å². The maximum absolute atomic E-state index is 13.1. The second-order valence-corrected chi connectivity index (χ2v) is 12.6. The Hall–Kier alpha value is -1.64. The van der Waals surface area contributed by atoms with E-state index < -0.39 is 9.84 Å². The second kappa shape index (κ2) is 11.9. The predicted octanol–water partition coefficient (Wildman–Crippen LogP) is 4.02. The minimum absolute atomic E-state index is 0.0875. The van der Waals surface area contributed by atoms with Crippen LogP contribution in [0.5, 0.6) is 0 Å². The number of benzene rings is 1. The van der Waals surface area contributed by atoms with Crippen LogP contribution in [0.1, 0.15) is 63.0 Å². The Labute approximate surface area is 209 Å². The fraction of sp³-hybridized carbons (Fsp3) is 0.680. The zero-order valence-electron chi connectivity index (χ0n) is 20.6. The molecule has 1 aliphatic heterocycles. The maximum atomic E-state index is 13.1. The quantitative estimate of drug-likeness (QED) is 0.541. The van der Waals surface area contributed by atoms with Crippen molar-refractivity contribution in [2.75, 3.05) is 37.0 Å². The number of anilines is 1. The number of rotatable bonds is 9. The number of carbonyl (C=O) groups excluding carboxylic acids is 2. The number of carbonyl (C=O) groups is 2. The Bertz CT molecular complexity index is 992. The molecule has 2 aliphatic rings. The lowest BCUT2D eigenvalue weighted by Gasteiger charge is -2.43. The third kappa shape index (κ3) is 7.43.